The SMILES string of the molecule is CNC1CCN(Cc2ccccc2)C(C)C1C. The fourth-order valence-corrected chi connectivity index (χ4v) is 2.89. The summed E-state index contributed by atoms with van der Waals surface area (Å²) in [7, 11) is 2.08. The number of nitrogens with zero attached hydrogens (tertiary/aromatic N) is 1. The third-order valence-electron chi connectivity index (χ3n) is 4.30. The highest BCUT2D eigenvalue weighted by molar-refractivity contribution is 5.14. The molecular formula is C15H24N2. The monoisotopic (exact) mass is 232 g/mol. The van der Waals surface area contributed by atoms with Gasteiger partial charge in [0.15, 0.2) is 0 Å². The molecule has 1 heterocycles. The molecule has 0 radical (unpaired) electrons. The van der Waals surface area contributed by atoms with Crippen LogP contribution in [0.3, 0.4) is 0 Å². The Hall–Kier alpha value is -0.860. The van der Waals surface area contributed by atoms with Crippen LogP contribution >= 0.6 is 0 Å². The maximum Gasteiger partial charge on any atom is 0.0236 e. The number of rotatable bonds is 3. The van der Waals surface area contributed by atoms with Crippen molar-refractivity contribution in [3.05, 3.63) is 35.9 Å². The number of nitrogens with one attached hydrogen (secondary N) is 1. The van der Waals surface area contributed by atoms with E-state index in [4.69, 9.17) is 0 Å². The van der Waals surface area contributed by atoms with Crippen molar-refractivity contribution in [3.63, 3.8) is 0 Å². The summed E-state index contributed by atoms with van der Waals surface area (Å²) in [5.41, 5.74) is 1.43. The van der Waals surface area contributed by atoms with Gasteiger partial charge in [0, 0.05) is 25.2 Å². The minimum atomic E-state index is 0.654. The first kappa shape index (κ1) is 12.6. The van der Waals surface area contributed by atoms with Crippen LogP contribution in [-0.4, -0.2) is 30.6 Å². The highest BCUT2D eigenvalue weighted by Crippen LogP contribution is 2.24. The molecule has 1 N–H and O–H groups in total. The molecule has 0 bridgehead atoms. The number of hydrogen-bond donors (Lipinski definition) is 1. The molecule has 0 aliphatic carbocycles. The van der Waals surface area contributed by atoms with Crippen LogP contribution in [0.2, 0.25) is 0 Å². The summed E-state index contributed by atoms with van der Waals surface area (Å²) in [6.07, 6.45) is 1.26. The standard InChI is InChI=1S/C15H24N2/c1-12-13(2)17(10-9-15(12)16-3)11-14-7-5-4-6-8-14/h4-8,12-13,15-16H,9-11H2,1-3H3. The predicted octanol–water partition coefficient (Wildman–Crippen LogP) is 2.50. The van der Waals surface area contributed by atoms with Crippen molar-refractivity contribution in [2.75, 3.05) is 13.6 Å². The normalized spacial score (nSPS) is 30.4. The van der Waals surface area contributed by atoms with Gasteiger partial charge < -0.3 is 5.32 Å². The van der Waals surface area contributed by atoms with E-state index < -0.39 is 0 Å². The van der Waals surface area contributed by atoms with Gasteiger partial charge in [0.1, 0.15) is 0 Å². The average molecular weight is 232 g/mol. The fourth-order valence-electron chi connectivity index (χ4n) is 2.89. The van der Waals surface area contributed by atoms with Crippen molar-refractivity contribution < 1.29 is 0 Å². The number of likely N-dealkylation sites (tertiary alicyclic amines) is 1. The van der Waals surface area contributed by atoms with E-state index >= 15 is 0 Å². The zero-order valence-corrected chi connectivity index (χ0v) is 11.2. The van der Waals surface area contributed by atoms with Gasteiger partial charge in [0.05, 0.1) is 0 Å². The average Bonchev–Trinajstić information content (AvgIpc) is 2.37. The Morgan fingerprint density at radius 3 is 2.59 bits per heavy atom. The molecule has 1 saturated heterocycles. The predicted molar refractivity (Wildman–Crippen MR) is 72.9 cm³/mol. The molecule has 0 saturated carbocycles. The Labute approximate surface area is 105 Å². The minimum absolute atomic E-state index is 0.654. The van der Waals surface area contributed by atoms with Gasteiger partial charge in [-0.3, -0.25) is 4.90 Å². The first-order chi connectivity index (χ1) is 8.22. The number of piperidine rings is 1. The molecule has 0 spiro atoms. The van der Waals surface area contributed by atoms with Crippen LogP contribution in [-0.2, 0) is 6.54 Å². The fraction of sp³-hybridized carbons (Fsp3) is 0.600. The van der Waals surface area contributed by atoms with Crippen LogP contribution in [0, 0.1) is 5.92 Å². The molecule has 94 valence electrons. The smallest absolute Gasteiger partial charge is 0.0236 e. The third kappa shape index (κ3) is 2.88. The molecule has 3 atom stereocenters. The van der Waals surface area contributed by atoms with Gasteiger partial charge >= 0.3 is 0 Å². The zero-order chi connectivity index (χ0) is 12.3. The second kappa shape index (κ2) is 5.65. The highest BCUT2D eigenvalue weighted by atomic mass is 15.2. The third-order valence-corrected chi connectivity index (χ3v) is 4.30. The number of benzene rings is 1. The molecule has 2 heteroatoms. The Bertz CT molecular complexity index is 336. The van der Waals surface area contributed by atoms with E-state index in [9.17, 15) is 0 Å². The summed E-state index contributed by atoms with van der Waals surface area (Å²) < 4.78 is 0. The van der Waals surface area contributed by atoms with Crippen LogP contribution in [0.1, 0.15) is 25.8 Å². The first-order valence-corrected chi connectivity index (χ1v) is 6.67. The van der Waals surface area contributed by atoms with Gasteiger partial charge in [0.25, 0.3) is 0 Å². The molecule has 2 rings (SSSR count). The van der Waals surface area contributed by atoms with Crippen LogP contribution in [0.4, 0.5) is 0 Å². The molecule has 17 heavy (non-hydrogen) atoms. The topological polar surface area (TPSA) is 15.3 Å². The first-order valence-electron chi connectivity index (χ1n) is 6.67. The van der Waals surface area contributed by atoms with Crippen molar-refractivity contribution in [1.29, 1.82) is 0 Å². The molecule has 2 nitrogen and oxygen atoms in total. The van der Waals surface area contributed by atoms with Crippen LogP contribution in [0.15, 0.2) is 30.3 Å². The van der Waals surface area contributed by atoms with Crippen molar-refractivity contribution in [2.24, 2.45) is 5.92 Å². The van der Waals surface area contributed by atoms with Gasteiger partial charge in [0.2, 0.25) is 0 Å². The van der Waals surface area contributed by atoms with Gasteiger partial charge in [-0.15, -0.1) is 0 Å². The van der Waals surface area contributed by atoms with Gasteiger partial charge in [-0.1, -0.05) is 37.3 Å². The molecular weight excluding hydrogens is 208 g/mol. The molecule has 1 aromatic rings. The van der Waals surface area contributed by atoms with E-state index in [-0.39, 0.29) is 0 Å². The van der Waals surface area contributed by atoms with E-state index in [0.717, 1.165) is 12.5 Å². The zero-order valence-electron chi connectivity index (χ0n) is 11.2. The maximum absolute atomic E-state index is 3.44. The summed E-state index contributed by atoms with van der Waals surface area (Å²) in [4.78, 5) is 2.60. The second-order valence-corrected chi connectivity index (χ2v) is 5.24. The van der Waals surface area contributed by atoms with Crippen molar-refractivity contribution in [1.82, 2.24) is 10.2 Å². The van der Waals surface area contributed by atoms with Gasteiger partial charge in [-0.25, -0.2) is 0 Å². The Morgan fingerprint density at radius 1 is 1.24 bits per heavy atom. The molecule has 1 aliphatic heterocycles. The molecule has 1 aliphatic rings. The summed E-state index contributed by atoms with van der Waals surface area (Å²) in [6, 6.07) is 12.1. The largest absolute Gasteiger partial charge is 0.317 e. The van der Waals surface area contributed by atoms with Crippen LogP contribution in [0.5, 0.6) is 0 Å². The quantitative estimate of drug-likeness (QED) is 0.861. The lowest BCUT2D eigenvalue weighted by Crippen LogP contribution is -2.52. The Morgan fingerprint density at radius 2 is 1.94 bits per heavy atom. The summed E-state index contributed by atoms with van der Waals surface area (Å²) in [6.45, 7) is 7.01. The lowest BCUT2D eigenvalue weighted by atomic mass is 9.87. The van der Waals surface area contributed by atoms with E-state index in [2.05, 4.69) is 61.4 Å². The summed E-state index contributed by atoms with van der Waals surface area (Å²) in [5.74, 6) is 0.720. The van der Waals surface area contributed by atoms with E-state index in [1.54, 1.807) is 0 Å². The van der Waals surface area contributed by atoms with Crippen molar-refractivity contribution in [2.45, 2.75) is 38.9 Å². The Balaban J connectivity index is 1.99. The molecule has 3 unspecified atom stereocenters. The molecule has 0 aromatic heterocycles. The minimum Gasteiger partial charge on any atom is -0.317 e. The van der Waals surface area contributed by atoms with Gasteiger partial charge in [-0.05, 0) is 31.9 Å². The lowest BCUT2D eigenvalue weighted by molar-refractivity contribution is 0.0811. The van der Waals surface area contributed by atoms with Gasteiger partial charge in [-0.2, -0.15) is 0 Å². The summed E-state index contributed by atoms with van der Waals surface area (Å²) in [5, 5.41) is 3.44. The van der Waals surface area contributed by atoms with Crippen molar-refractivity contribution in [3.8, 4) is 0 Å². The second-order valence-electron chi connectivity index (χ2n) is 5.24. The Kier molecular flexibility index (Phi) is 4.19. The lowest BCUT2D eigenvalue weighted by Gasteiger charge is -2.42. The van der Waals surface area contributed by atoms with E-state index in [1.807, 2.05) is 0 Å². The van der Waals surface area contributed by atoms with Crippen LogP contribution in [0.25, 0.3) is 0 Å². The van der Waals surface area contributed by atoms with Crippen molar-refractivity contribution >= 4 is 0 Å². The number of hydrogen-bond acceptors (Lipinski definition) is 2. The molecule has 0 amide bonds. The van der Waals surface area contributed by atoms with Crippen LogP contribution < -0.4 is 5.32 Å². The van der Waals surface area contributed by atoms with E-state index in [1.165, 1.54) is 18.5 Å². The maximum atomic E-state index is 3.44. The summed E-state index contributed by atoms with van der Waals surface area (Å²) >= 11 is 0. The highest BCUT2D eigenvalue weighted by Gasteiger charge is 2.31. The van der Waals surface area contributed by atoms with E-state index in [0.29, 0.717) is 12.1 Å². The molecule has 1 aromatic carbocycles. The molecule has 1 fully saturated rings.